The van der Waals surface area contributed by atoms with Gasteiger partial charge >= 0.3 is 5.97 Å². The molecule has 13 heavy (non-hydrogen) atoms. The molecule has 0 bridgehead atoms. The molecule has 0 spiro atoms. The fraction of sp³-hybridized carbons (Fsp3) is 0.833. The standard InChI is InChI=1S/C6H12O7/c7-1-2(8)3(9)4(10)5(11)6(12)13/h2-5,7-11H,1H2,(H,12,13)/t2-,3-,4+,5-/m1/s1/i1D2. The summed E-state index contributed by atoms with van der Waals surface area (Å²) < 4.78 is 13.2. The maximum Gasteiger partial charge on any atom is 0.335 e. The molecule has 0 saturated carbocycles. The predicted octanol–water partition coefficient (Wildman–Crippen LogP) is -3.49. The normalized spacial score (nSPS) is 23.8. The molecule has 0 aromatic carbocycles. The van der Waals surface area contributed by atoms with Gasteiger partial charge in [0.25, 0.3) is 0 Å². The highest BCUT2D eigenvalue weighted by molar-refractivity contribution is 5.72. The maximum absolute atomic E-state index is 10.2. The first kappa shape index (κ1) is 8.85. The van der Waals surface area contributed by atoms with E-state index in [1.807, 2.05) is 0 Å². The van der Waals surface area contributed by atoms with E-state index >= 15 is 0 Å². The summed E-state index contributed by atoms with van der Waals surface area (Å²) in [5, 5.41) is 52.5. The lowest BCUT2D eigenvalue weighted by molar-refractivity contribution is -0.164. The molecule has 0 radical (unpaired) electrons. The van der Waals surface area contributed by atoms with E-state index in [1.165, 1.54) is 0 Å². The van der Waals surface area contributed by atoms with Gasteiger partial charge in [0.05, 0.1) is 9.30 Å². The van der Waals surface area contributed by atoms with Gasteiger partial charge in [-0.15, -0.1) is 0 Å². The first-order valence-corrected chi connectivity index (χ1v) is 3.26. The van der Waals surface area contributed by atoms with Crippen LogP contribution in [-0.2, 0) is 4.79 Å². The van der Waals surface area contributed by atoms with E-state index in [2.05, 4.69) is 0 Å². The van der Waals surface area contributed by atoms with Gasteiger partial charge < -0.3 is 30.6 Å². The molecule has 7 heteroatoms. The highest BCUT2D eigenvalue weighted by Crippen LogP contribution is 2.04. The number of carboxylic acids is 1. The van der Waals surface area contributed by atoms with Crippen molar-refractivity contribution in [2.24, 2.45) is 0 Å². The van der Waals surface area contributed by atoms with Crippen LogP contribution in [0.3, 0.4) is 0 Å². The zero-order valence-electron chi connectivity index (χ0n) is 8.40. The molecule has 6 N–H and O–H groups in total. The molecule has 0 unspecified atom stereocenters. The Kier molecular flexibility index (Phi) is 3.47. The maximum atomic E-state index is 10.2. The molecular weight excluding hydrogens is 184 g/mol. The number of aliphatic hydroxyl groups excluding tert-OH is 4. The first-order chi connectivity index (χ1) is 6.59. The monoisotopic (exact) mass is 198 g/mol. The Morgan fingerprint density at radius 2 is 1.69 bits per heavy atom. The van der Waals surface area contributed by atoms with Crippen molar-refractivity contribution in [3.63, 3.8) is 0 Å². The van der Waals surface area contributed by atoms with Crippen LogP contribution in [0.4, 0.5) is 0 Å². The molecule has 0 aliphatic rings. The number of carboxylic acid groups (broad SMARTS) is 1. The topological polar surface area (TPSA) is 138 Å². The van der Waals surface area contributed by atoms with Crippen molar-refractivity contribution in [1.82, 2.24) is 0 Å². The van der Waals surface area contributed by atoms with E-state index in [0.717, 1.165) is 0 Å². The Balaban J connectivity index is 4.57. The largest absolute Gasteiger partial charge is 0.479 e. The molecule has 0 aliphatic heterocycles. The van der Waals surface area contributed by atoms with Gasteiger partial charge in [0.2, 0.25) is 0 Å². The second-order valence-corrected chi connectivity index (χ2v) is 2.34. The lowest BCUT2D eigenvalue weighted by Crippen LogP contribution is -2.48. The molecule has 0 saturated heterocycles. The van der Waals surface area contributed by atoms with Crippen molar-refractivity contribution in [3.8, 4) is 0 Å². The highest BCUT2D eigenvalue weighted by Gasteiger charge is 2.33. The Morgan fingerprint density at radius 1 is 1.23 bits per heavy atom. The molecule has 0 rings (SSSR count). The van der Waals surface area contributed by atoms with Crippen LogP contribution < -0.4 is 0 Å². The third kappa shape index (κ3) is 3.25. The van der Waals surface area contributed by atoms with Crippen LogP contribution in [0.15, 0.2) is 0 Å². The minimum absolute atomic E-state index is 1.85. The summed E-state index contributed by atoms with van der Waals surface area (Å²) in [4.78, 5) is 10.2. The van der Waals surface area contributed by atoms with E-state index in [-0.39, 0.29) is 0 Å². The summed E-state index contributed by atoms with van der Waals surface area (Å²) in [5.74, 6) is -1.85. The highest BCUT2D eigenvalue weighted by atomic mass is 16.4. The minimum Gasteiger partial charge on any atom is -0.479 e. The summed E-state index contributed by atoms with van der Waals surface area (Å²) in [6.45, 7) is -3.22. The number of carbonyl (C=O) groups is 1. The zero-order valence-corrected chi connectivity index (χ0v) is 6.40. The van der Waals surface area contributed by atoms with Gasteiger partial charge in [-0.2, -0.15) is 0 Å². The average molecular weight is 198 g/mol. The van der Waals surface area contributed by atoms with E-state index < -0.39 is 36.9 Å². The van der Waals surface area contributed by atoms with Crippen molar-refractivity contribution < 1.29 is 38.2 Å². The Morgan fingerprint density at radius 3 is 2.00 bits per heavy atom. The van der Waals surface area contributed by atoms with Crippen LogP contribution in [0.2, 0.25) is 0 Å². The lowest BCUT2D eigenvalue weighted by atomic mass is 10.0. The molecule has 0 aromatic rings. The molecule has 0 heterocycles. The summed E-state index contributed by atoms with van der Waals surface area (Å²) >= 11 is 0. The second kappa shape index (κ2) is 5.10. The summed E-state index contributed by atoms with van der Waals surface area (Å²) in [6.07, 6.45) is -9.49. The first-order valence-electron chi connectivity index (χ1n) is 4.26. The molecule has 4 atom stereocenters. The third-order valence-corrected chi connectivity index (χ3v) is 1.38. The second-order valence-electron chi connectivity index (χ2n) is 2.34. The third-order valence-electron chi connectivity index (χ3n) is 1.38. The van der Waals surface area contributed by atoms with Gasteiger partial charge in [-0.3, -0.25) is 0 Å². The van der Waals surface area contributed by atoms with E-state index in [1.54, 1.807) is 0 Å². The van der Waals surface area contributed by atoms with Crippen molar-refractivity contribution in [2.45, 2.75) is 24.4 Å². The van der Waals surface area contributed by atoms with Gasteiger partial charge in [-0.25, -0.2) is 4.79 Å². The van der Waals surface area contributed by atoms with E-state index in [0.29, 0.717) is 0 Å². The molecule has 0 aliphatic carbocycles. The predicted molar refractivity (Wildman–Crippen MR) is 38.7 cm³/mol. The summed E-state index contributed by atoms with van der Waals surface area (Å²) in [7, 11) is 0. The minimum atomic E-state index is -3.22. The average Bonchev–Trinajstić information content (AvgIpc) is 2.11. The van der Waals surface area contributed by atoms with Gasteiger partial charge in [0.15, 0.2) is 6.10 Å². The molecule has 0 aromatic heterocycles. The van der Waals surface area contributed by atoms with Crippen LogP contribution in [-0.4, -0.2) is 67.6 Å². The van der Waals surface area contributed by atoms with Crippen LogP contribution in [0.1, 0.15) is 2.74 Å². The van der Waals surface area contributed by atoms with Gasteiger partial charge in [-0.05, 0) is 0 Å². The van der Waals surface area contributed by atoms with Crippen LogP contribution in [0.25, 0.3) is 0 Å². The fourth-order valence-corrected chi connectivity index (χ4v) is 0.596. The zero-order chi connectivity index (χ0) is 12.4. The Bertz CT molecular complexity index is 228. The number of hydrogen-bond donors (Lipinski definition) is 6. The van der Waals surface area contributed by atoms with E-state index in [9.17, 15) is 4.79 Å². The number of hydrogen-bond acceptors (Lipinski definition) is 6. The van der Waals surface area contributed by atoms with Crippen molar-refractivity contribution in [3.05, 3.63) is 0 Å². The SMILES string of the molecule is [2H]C([2H])(O)[C@@H](O)[C@@H](O)[C@H](O)[C@@H](O)C(=O)O. The van der Waals surface area contributed by atoms with Gasteiger partial charge in [-0.1, -0.05) is 0 Å². The quantitative estimate of drug-likeness (QED) is 0.269. The number of aliphatic hydroxyl groups is 5. The number of rotatable bonds is 5. The van der Waals surface area contributed by atoms with Gasteiger partial charge in [0.1, 0.15) is 18.3 Å². The molecule has 78 valence electrons. The van der Waals surface area contributed by atoms with Gasteiger partial charge in [0, 0.05) is 0 Å². The van der Waals surface area contributed by atoms with Crippen molar-refractivity contribution in [2.75, 3.05) is 6.56 Å². The van der Waals surface area contributed by atoms with Crippen molar-refractivity contribution >= 4 is 5.97 Å². The van der Waals surface area contributed by atoms with Crippen molar-refractivity contribution in [1.29, 1.82) is 0 Å². The number of aliphatic carboxylic acids is 1. The fourth-order valence-electron chi connectivity index (χ4n) is 0.596. The van der Waals surface area contributed by atoms with Crippen LogP contribution in [0.5, 0.6) is 0 Å². The molecule has 7 nitrogen and oxygen atoms in total. The summed E-state index contributed by atoms with van der Waals surface area (Å²) in [5.41, 5.74) is 0. The van der Waals surface area contributed by atoms with E-state index in [4.69, 9.17) is 33.4 Å². The summed E-state index contributed by atoms with van der Waals surface area (Å²) in [6, 6.07) is 0. The molecule has 0 amide bonds. The molecule has 0 fully saturated rings. The Labute approximate surface area is 76.3 Å². The Hall–Kier alpha value is -0.730. The van der Waals surface area contributed by atoms with Crippen LogP contribution in [0, 0.1) is 0 Å². The van der Waals surface area contributed by atoms with Crippen LogP contribution >= 0.6 is 0 Å². The lowest BCUT2D eigenvalue weighted by Gasteiger charge is -2.23. The smallest absolute Gasteiger partial charge is 0.335 e. The molecular formula is C6H12O7.